The maximum absolute atomic E-state index is 4.45. The summed E-state index contributed by atoms with van der Waals surface area (Å²) in [5.74, 6) is 0.828. The Balaban J connectivity index is 2.09. The minimum absolute atomic E-state index is 0.526. The predicted molar refractivity (Wildman–Crippen MR) is 70.9 cm³/mol. The summed E-state index contributed by atoms with van der Waals surface area (Å²) in [5, 5.41) is 8.16. The SMILES string of the molecule is CCCNC(c1ccnn1CCC)C1CCC1. The molecule has 1 unspecified atom stereocenters. The van der Waals surface area contributed by atoms with Crippen LogP contribution in [0.5, 0.6) is 0 Å². The first-order chi connectivity index (χ1) is 8.36. The van der Waals surface area contributed by atoms with E-state index in [2.05, 4.69) is 35.0 Å². The molecule has 0 amide bonds. The lowest BCUT2D eigenvalue weighted by Crippen LogP contribution is -2.34. The van der Waals surface area contributed by atoms with Crippen LogP contribution in [0.4, 0.5) is 0 Å². The van der Waals surface area contributed by atoms with Gasteiger partial charge in [-0.05, 0) is 44.2 Å². The molecule has 96 valence electrons. The molecule has 1 N–H and O–H groups in total. The lowest BCUT2D eigenvalue weighted by atomic mass is 9.78. The van der Waals surface area contributed by atoms with Crippen molar-refractivity contribution in [2.75, 3.05) is 6.54 Å². The van der Waals surface area contributed by atoms with Gasteiger partial charge in [0, 0.05) is 12.7 Å². The van der Waals surface area contributed by atoms with Gasteiger partial charge in [0.25, 0.3) is 0 Å². The van der Waals surface area contributed by atoms with Crippen molar-refractivity contribution in [1.82, 2.24) is 15.1 Å². The van der Waals surface area contributed by atoms with Crippen molar-refractivity contribution in [1.29, 1.82) is 0 Å². The van der Waals surface area contributed by atoms with Crippen LogP contribution in [-0.4, -0.2) is 16.3 Å². The van der Waals surface area contributed by atoms with E-state index in [9.17, 15) is 0 Å². The number of nitrogens with zero attached hydrogens (tertiary/aromatic N) is 2. The van der Waals surface area contributed by atoms with Crippen LogP contribution in [0.1, 0.15) is 57.7 Å². The Labute approximate surface area is 105 Å². The first kappa shape index (κ1) is 12.6. The number of rotatable bonds is 7. The highest BCUT2D eigenvalue weighted by Crippen LogP contribution is 2.37. The Morgan fingerprint density at radius 2 is 2.24 bits per heavy atom. The number of aryl methyl sites for hydroxylation is 1. The highest BCUT2D eigenvalue weighted by molar-refractivity contribution is 5.10. The fraction of sp³-hybridized carbons (Fsp3) is 0.786. The second-order valence-corrected chi connectivity index (χ2v) is 5.10. The van der Waals surface area contributed by atoms with Crippen molar-refractivity contribution >= 4 is 0 Å². The van der Waals surface area contributed by atoms with E-state index in [1.54, 1.807) is 0 Å². The molecule has 3 heteroatoms. The predicted octanol–water partition coefficient (Wildman–Crippen LogP) is 3.13. The molecule has 0 radical (unpaired) electrons. The second-order valence-electron chi connectivity index (χ2n) is 5.10. The third-order valence-corrected chi connectivity index (χ3v) is 3.74. The van der Waals surface area contributed by atoms with Crippen LogP contribution in [-0.2, 0) is 6.54 Å². The smallest absolute Gasteiger partial charge is 0.0556 e. The zero-order valence-corrected chi connectivity index (χ0v) is 11.2. The van der Waals surface area contributed by atoms with E-state index in [1.165, 1.54) is 31.4 Å². The molecule has 1 aromatic heterocycles. The lowest BCUT2D eigenvalue weighted by molar-refractivity contribution is 0.221. The molecule has 3 nitrogen and oxygen atoms in total. The molecule has 1 aromatic rings. The molecule has 1 aliphatic rings. The van der Waals surface area contributed by atoms with E-state index in [0.29, 0.717) is 6.04 Å². The van der Waals surface area contributed by atoms with E-state index >= 15 is 0 Å². The van der Waals surface area contributed by atoms with Crippen molar-refractivity contribution in [2.24, 2.45) is 5.92 Å². The van der Waals surface area contributed by atoms with Gasteiger partial charge in [0.15, 0.2) is 0 Å². The number of hydrogen-bond acceptors (Lipinski definition) is 2. The van der Waals surface area contributed by atoms with Crippen LogP contribution >= 0.6 is 0 Å². The quantitative estimate of drug-likeness (QED) is 0.787. The van der Waals surface area contributed by atoms with Crippen LogP contribution in [0.2, 0.25) is 0 Å². The van der Waals surface area contributed by atoms with Gasteiger partial charge in [-0.3, -0.25) is 4.68 Å². The van der Waals surface area contributed by atoms with Crippen LogP contribution in [0.15, 0.2) is 12.3 Å². The first-order valence-corrected chi connectivity index (χ1v) is 7.11. The summed E-state index contributed by atoms with van der Waals surface area (Å²) in [4.78, 5) is 0. The van der Waals surface area contributed by atoms with Gasteiger partial charge in [0.1, 0.15) is 0 Å². The largest absolute Gasteiger partial charge is 0.308 e. The molecule has 2 rings (SSSR count). The average molecular weight is 235 g/mol. The summed E-state index contributed by atoms with van der Waals surface area (Å²) >= 11 is 0. The molecule has 0 aromatic carbocycles. The Hall–Kier alpha value is -0.830. The zero-order valence-electron chi connectivity index (χ0n) is 11.2. The fourth-order valence-corrected chi connectivity index (χ4v) is 2.59. The minimum atomic E-state index is 0.526. The molecule has 0 spiro atoms. The summed E-state index contributed by atoms with van der Waals surface area (Å²) in [7, 11) is 0. The summed E-state index contributed by atoms with van der Waals surface area (Å²) in [6.07, 6.45) is 8.45. The zero-order chi connectivity index (χ0) is 12.1. The van der Waals surface area contributed by atoms with Crippen LogP contribution in [0.3, 0.4) is 0 Å². The van der Waals surface area contributed by atoms with Gasteiger partial charge < -0.3 is 5.32 Å². The highest BCUT2D eigenvalue weighted by atomic mass is 15.3. The standard InChI is InChI=1S/C14H25N3/c1-3-9-15-14(12-6-5-7-12)13-8-10-16-17(13)11-4-2/h8,10,12,14-15H,3-7,9,11H2,1-2H3. The molecule has 17 heavy (non-hydrogen) atoms. The molecule has 0 aliphatic heterocycles. The third-order valence-electron chi connectivity index (χ3n) is 3.74. The third kappa shape index (κ3) is 2.89. The van der Waals surface area contributed by atoms with Crippen molar-refractivity contribution in [2.45, 2.75) is 58.5 Å². The van der Waals surface area contributed by atoms with E-state index in [4.69, 9.17) is 0 Å². The van der Waals surface area contributed by atoms with Crippen molar-refractivity contribution in [3.8, 4) is 0 Å². The first-order valence-electron chi connectivity index (χ1n) is 7.11. The Morgan fingerprint density at radius 3 is 2.82 bits per heavy atom. The molecule has 1 aliphatic carbocycles. The Bertz CT molecular complexity index is 328. The maximum Gasteiger partial charge on any atom is 0.0556 e. The van der Waals surface area contributed by atoms with Gasteiger partial charge in [-0.2, -0.15) is 5.10 Å². The monoisotopic (exact) mass is 235 g/mol. The topological polar surface area (TPSA) is 29.9 Å². The maximum atomic E-state index is 4.45. The Kier molecular flexibility index (Phi) is 4.60. The van der Waals surface area contributed by atoms with Crippen LogP contribution in [0, 0.1) is 5.92 Å². The number of hydrogen-bond donors (Lipinski definition) is 1. The van der Waals surface area contributed by atoms with E-state index < -0.39 is 0 Å². The molecular formula is C14H25N3. The van der Waals surface area contributed by atoms with Crippen LogP contribution < -0.4 is 5.32 Å². The van der Waals surface area contributed by atoms with E-state index in [-0.39, 0.29) is 0 Å². The van der Waals surface area contributed by atoms with Gasteiger partial charge in [0.2, 0.25) is 0 Å². The van der Waals surface area contributed by atoms with Crippen molar-refractivity contribution < 1.29 is 0 Å². The summed E-state index contributed by atoms with van der Waals surface area (Å²) in [6, 6.07) is 2.72. The number of nitrogens with one attached hydrogen (secondary N) is 1. The van der Waals surface area contributed by atoms with E-state index in [0.717, 1.165) is 25.4 Å². The van der Waals surface area contributed by atoms with Crippen molar-refractivity contribution in [3.63, 3.8) is 0 Å². The second kappa shape index (κ2) is 6.20. The van der Waals surface area contributed by atoms with Gasteiger partial charge in [-0.25, -0.2) is 0 Å². The highest BCUT2D eigenvalue weighted by Gasteiger charge is 2.29. The lowest BCUT2D eigenvalue weighted by Gasteiger charge is -2.34. The Morgan fingerprint density at radius 1 is 1.41 bits per heavy atom. The average Bonchev–Trinajstić information content (AvgIpc) is 2.70. The summed E-state index contributed by atoms with van der Waals surface area (Å²) < 4.78 is 2.19. The number of aromatic nitrogens is 2. The normalized spacial score (nSPS) is 18.0. The summed E-state index contributed by atoms with van der Waals surface area (Å²) in [6.45, 7) is 6.59. The van der Waals surface area contributed by atoms with Gasteiger partial charge in [-0.15, -0.1) is 0 Å². The molecular weight excluding hydrogens is 210 g/mol. The molecule has 0 saturated heterocycles. The molecule has 0 bridgehead atoms. The molecule has 1 fully saturated rings. The van der Waals surface area contributed by atoms with Gasteiger partial charge in [0.05, 0.1) is 11.7 Å². The summed E-state index contributed by atoms with van der Waals surface area (Å²) in [5.41, 5.74) is 1.39. The van der Waals surface area contributed by atoms with Gasteiger partial charge in [-0.1, -0.05) is 20.3 Å². The van der Waals surface area contributed by atoms with Crippen molar-refractivity contribution in [3.05, 3.63) is 18.0 Å². The molecule has 1 atom stereocenters. The van der Waals surface area contributed by atoms with E-state index in [1.807, 2.05) is 6.20 Å². The van der Waals surface area contributed by atoms with Crippen LogP contribution in [0.25, 0.3) is 0 Å². The van der Waals surface area contributed by atoms with Gasteiger partial charge >= 0.3 is 0 Å². The molecule has 1 heterocycles. The molecule has 1 saturated carbocycles. The fourth-order valence-electron chi connectivity index (χ4n) is 2.59. The minimum Gasteiger partial charge on any atom is -0.308 e.